The number of hydrogen-bond acceptors (Lipinski definition) is 3. The van der Waals surface area contributed by atoms with Crippen molar-refractivity contribution in [2.24, 2.45) is 0 Å². The van der Waals surface area contributed by atoms with E-state index in [0.717, 1.165) is 109 Å². The Morgan fingerprint density at radius 1 is 0.431 bits per heavy atom. The van der Waals surface area contributed by atoms with Crippen LogP contribution in [0.5, 0.6) is 0 Å². The Kier molecular flexibility index (Phi) is 5.94. The first-order chi connectivity index (χ1) is 28.7. The van der Waals surface area contributed by atoms with Crippen molar-refractivity contribution in [3.05, 3.63) is 175 Å². The van der Waals surface area contributed by atoms with Crippen LogP contribution in [0.15, 0.2) is 167 Å². The van der Waals surface area contributed by atoms with Crippen molar-refractivity contribution in [1.29, 1.82) is 5.26 Å². The molecule has 0 aliphatic carbocycles. The molecule has 0 bridgehead atoms. The summed E-state index contributed by atoms with van der Waals surface area (Å²) in [6.07, 6.45) is 0. The molecule has 0 saturated heterocycles. The van der Waals surface area contributed by atoms with Gasteiger partial charge in [-0.3, -0.25) is 0 Å². The number of nitriles is 1. The van der Waals surface area contributed by atoms with E-state index in [-0.39, 0.29) is 0 Å². The molecule has 6 nitrogen and oxygen atoms in total. The van der Waals surface area contributed by atoms with E-state index in [4.69, 9.17) is 15.4 Å². The van der Waals surface area contributed by atoms with Crippen LogP contribution in [0.2, 0.25) is 0 Å². The molecule has 0 atom stereocenters. The molecule has 0 N–H and O–H groups in total. The predicted octanol–water partition coefficient (Wildman–Crippen LogP) is 14.4. The van der Waals surface area contributed by atoms with Gasteiger partial charge in [0.1, 0.15) is 28.4 Å². The van der Waals surface area contributed by atoms with E-state index in [9.17, 15) is 5.26 Å². The van der Waals surface area contributed by atoms with Crippen molar-refractivity contribution >= 4 is 115 Å². The molecule has 0 aliphatic heterocycles. The lowest BCUT2D eigenvalue weighted by Gasteiger charge is -2.16. The fraction of sp³-hybridized carbons (Fsp3) is 0. The Balaban J connectivity index is 1.15. The van der Waals surface area contributed by atoms with Crippen molar-refractivity contribution in [1.82, 2.24) is 9.13 Å². The van der Waals surface area contributed by atoms with Gasteiger partial charge in [0.15, 0.2) is 0 Å². The zero-order chi connectivity index (χ0) is 38.2. The van der Waals surface area contributed by atoms with Gasteiger partial charge in [-0.15, -0.1) is 0 Å². The van der Waals surface area contributed by atoms with Crippen LogP contribution in [0.3, 0.4) is 0 Å². The van der Waals surface area contributed by atoms with Crippen LogP contribution in [0.4, 0.5) is 5.69 Å². The van der Waals surface area contributed by atoms with Gasteiger partial charge in [0, 0.05) is 55.2 Å². The summed E-state index contributed by atoms with van der Waals surface area (Å²) in [7, 11) is 0. The molecule has 13 aromatic rings. The van der Waals surface area contributed by atoms with E-state index in [1.165, 1.54) is 0 Å². The maximum Gasteiger partial charge on any atom is 0.212 e. The van der Waals surface area contributed by atoms with Crippen molar-refractivity contribution < 1.29 is 8.83 Å². The van der Waals surface area contributed by atoms with E-state index in [1.807, 2.05) is 48.5 Å². The van der Waals surface area contributed by atoms with Crippen LogP contribution >= 0.6 is 0 Å². The zero-order valence-corrected chi connectivity index (χ0v) is 30.6. The van der Waals surface area contributed by atoms with Gasteiger partial charge in [0.2, 0.25) is 5.69 Å². The van der Waals surface area contributed by atoms with Crippen molar-refractivity contribution in [3.63, 3.8) is 0 Å². The van der Waals surface area contributed by atoms with Crippen LogP contribution in [-0.4, -0.2) is 9.13 Å². The Hall–Kier alpha value is -8.32. The lowest BCUT2D eigenvalue weighted by molar-refractivity contribution is 0.669. The molecule has 266 valence electrons. The normalized spacial score (nSPS) is 12.1. The standard InChI is InChI=1S/C52H26N4O2/c1-54-40-25-43(55-41-20-18-29-10-2-4-12-32(29)51(41)38-23-36-34-14-6-8-16-47(34)57-49(36)26-44(38)55)31(28-53)22-46(40)56-42-21-19-30-11-3-5-13-33(30)52(42)39-24-37-35-15-7-9-17-48(35)58-50(37)27-45(39)56/h2-27H. The molecule has 0 unspecified atom stereocenters. The third-order valence-electron chi connectivity index (χ3n) is 12.1. The average Bonchev–Trinajstić information content (AvgIpc) is 4.01. The molecular formula is C52H26N4O2. The van der Waals surface area contributed by atoms with Gasteiger partial charge in [-0.25, -0.2) is 4.85 Å². The summed E-state index contributed by atoms with van der Waals surface area (Å²) in [5, 5.41) is 24.0. The molecule has 0 saturated carbocycles. The number of benzene rings is 9. The summed E-state index contributed by atoms with van der Waals surface area (Å²) >= 11 is 0. The summed E-state index contributed by atoms with van der Waals surface area (Å²) in [5.41, 5.74) is 8.99. The SMILES string of the molecule is [C-]#[N+]c1cc(-n2c3cc4oc5ccccc5c4cc3c3c4ccccc4ccc32)c(C#N)cc1-n1c2cc3oc4ccccc4c3cc2c2c3ccccc3ccc21. The van der Waals surface area contributed by atoms with E-state index < -0.39 is 0 Å². The lowest BCUT2D eigenvalue weighted by atomic mass is 10.0. The third-order valence-corrected chi connectivity index (χ3v) is 12.1. The highest BCUT2D eigenvalue weighted by Gasteiger charge is 2.24. The molecule has 0 radical (unpaired) electrons. The first kappa shape index (κ1) is 30.9. The smallest absolute Gasteiger partial charge is 0.212 e. The molecule has 0 amide bonds. The predicted molar refractivity (Wildman–Crippen MR) is 236 cm³/mol. The maximum absolute atomic E-state index is 11.1. The first-order valence-electron chi connectivity index (χ1n) is 19.2. The van der Waals surface area contributed by atoms with Gasteiger partial charge >= 0.3 is 0 Å². The average molecular weight is 739 g/mol. The third kappa shape index (κ3) is 3.97. The Labute approximate surface area is 329 Å². The number of furan rings is 2. The largest absolute Gasteiger partial charge is 0.456 e. The summed E-state index contributed by atoms with van der Waals surface area (Å²) < 4.78 is 17.1. The minimum atomic E-state index is 0.422. The quantitative estimate of drug-likeness (QED) is 0.166. The van der Waals surface area contributed by atoms with Gasteiger partial charge in [-0.05, 0) is 70.1 Å². The minimum absolute atomic E-state index is 0.422. The Bertz CT molecular complexity index is 3800. The number of fused-ring (bicyclic) bond motifs is 16. The monoisotopic (exact) mass is 738 g/mol. The highest BCUT2D eigenvalue weighted by atomic mass is 16.3. The molecule has 4 aromatic heterocycles. The summed E-state index contributed by atoms with van der Waals surface area (Å²) in [6.45, 7) is 8.68. The second kappa shape index (κ2) is 11.1. The number of nitrogens with zero attached hydrogens (tertiary/aromatic N) is 4. The van der Waals surface area contributed by atoms with E-state index in [0.29, 0.717) is 22.6 Å². The molecular weight excluding hydrogens is 713 g/mol. The fourth-order valence-corrected chi connectivity index (χ4v) is 9.64. The summed E-state index contributed by atoms with van der Waals surface area (Å²) in [4.78, 5) is 4.20. The van der Waals surface area contributed by atoms with Gasteiger partial charge in [0.25, 0.3) is 0 Å². The minimum Gasteiger partial charge on any atom is -0.456 e. The number of hydrogen-bond donors (Lipinski definition) is 0. The molecule has 4 heterocycles. The van der Waals surface area contributed by atoms with Crippen molar-refractivity contribution in [2.45, 2.75) is 0 Å². The number of aromatic nitrogens is 2. The topological polar surface area (TPSA) is 64.3 Å². The van der Waals surface area contributed by atoms with E-state index >= 15 is 0 Å². The molecule has 9 aromatic carbocycles. The van der Waals surface area contributed by atoms with Crippen LogP contribution < -0.4 is 0 Å². The van der Waals surface area contributed by atoms with Crippen LogP contribution in [0, 0.1) is 17.9 Å². The first-order valence-corrected chi connectivity index (χ1v) is 19.2. The summed E-state index contributed by atoms with van der Waals surface area (Å²) in [6, 6.07) is 56.5. The summed E-state index contributed by atoms with van der Waals surface area (Å²) in [5.74, 6) is 0. The Morgan fingerprint density at radius 2 is 0.914 bits per heavy atom. The molecule has 0 spiro atoms. The van der Waals surface area contributed by atoms with Crippen LogP contribution in [0.25, 0.3) is 125 Å². The molecule has 0 aliphatic rings. The maximum atomic E-state index is 11.1. The van der Waals surface area contributed by atoms with Gasteiger partial charge < -0.3 is 18.0 Å². The lowest BCUT2D eigenvalue weighted by Crippen LogP contribution is -2.01. The molecule has 13 rings (SSSR count). The fourth-order valence-electron chi connectivity index (χ4n) is 9.64. The molecule has 0 fully saturated rings. The van der Waals surface area contributed by atoms with Crippen molar-refractivity contribution in [2.75, 3.05) is 0 Å². The highest BCUT2D eigenvalue weighted by Crippen LogP contribution is 2.46. The number of para-hydroxylation sites is 2. The Morgan fingerprint density at radius 3 is 1.43 bits per heavy atom. The van der Waals surface area contributed by atoms with Crippen molar-refractivity contribution in [3.8, 4) is 17.4 Å². The second-order valence-electron chi connectivity index (χ2n) is 15.0. The number of rotatable bonds is 2. The van der Waals surface area contributed by atoms with Gasteiger partial charge in [-0.2, -0.15) is 5.26 Å². The van der Waals surface area contributed by atoms with Crippen LogP contribution in [0.1, 0.15) is 5.56 Å². The van der Waals surface area contributed by atoms with Crippen LogP contribution in [-0.2, 0) is 0 Å². The highest BCUT2D eigenvalue weighted by molar-refractivity contribution is 6.26. The van der Waals surface area contributed by atoms with E-state index in [2.05, 4.69) is 129 Å². The zero-order valence-electron chi connectivity index (χ0n) is 30.6. The molecule has 6 heteroatoms. The second-order valence-corrected chi connectivity index (χ2v) is 15.0. The van der Waals surface area contributed by atoms with E-state index in [1.54, 1.807) is 0 Å². The van der Waals surface area contributed by atoms with Gasteiger partial charge in [0.05, 0.1) is 45.6 Å². The van der Waals surface area contributed by atoms with Gasteiger partial charge in [-0.1, -0.05) is 97.1 Å². The molecule has 58 heavy (non-hydrogen) atoms.